The van der Waals surface area contributed by atoms with Crippen molar-refractivity contribution in [1.29, 1.82) is 0 Å². The standard InChI is InChI=1S/C24H23F2N3O3/c1-15-3-2-4-18(11-15)32-21-5-8-27-24(28-21)17-13-19(25)23(20(26)14-17)29-9-6-16(7-10-29)12-22(30)31/h2-5,8,11,13-14,16H,6-7,9-10,12H2,1H3,(H,30,31). The third kappa shape index (κ3) is 5.01. The minimum atomic E-state index is -0.848. The lowest BCUT2D eigenvalue weighted by Crippen LogP contribution is -2.35. The molecule has 1 aliphatic heterocycles. The molecule has 3 aromatic rings. The number of carboxylic acids is 1. The second-order valence-corrected chi connectivity index (χ2v) is 7.95. The molecule has 0 unspecified atom stereocenters. The number of carbonyl (C=O) groups is 1. The van der Waals surface area contributed by atoms with E-state index in [0.717, 1.165) is 5.56 Å². The number of halogens is 2. The van der Waals surface area contributed by atoms with Gasteiger partial charge in [0.1, 0.15) is 23.1 Å². The molecule has 2 heterocycles. The molecule has 6 nitrogen and oxygen atoms in total. The molecule has 0 aliphatic carbocycles. The SMILES string of the molecule is Cc1cccc(Oc2ccnc(-c3cc(F)c(N4CCC(CC(=O)O)CC4)c(F)c3)n2)c1. The highest BCUT2D eigenvalue weighted by atomic mass is 19.1. The van der Waals surface area contributed by atoms with Crippen LogP contribution < -0.4 is 9.64 Å². The Balaban J connectivity index is 1.53. The molecule has 1 aliphatic rings. The Bertz CT molecular complexity index is 1110. The summed E-state index contributed by atoms with van der Waals surface area (Å²) in [7, 11) is 0. The van der Waals surface area contributed by atoms with Crippen LogP contribution in [0.3, 0.4) is 0 Å². The average molecular weight is 439 g/mol. The average Bonchev–Trinajstić information content (AvgIpc) is 2.74. The summed E-state index contributed by atoms with van der Waals surface area (Å²) in [5.41, 5.74) is 1.14. The third-order valence-electron chi connectivity index (χ3n) is 5.51. The van der Waals surface area contributed by atoms with Crippen molar-refractivity contribution in [3.05, 3.63) is 65.9 Å². The van der Waals surface area contributed by atoms with E-state index in [9.17, 15) is 13.6 Å². The summed E-state index contributed by atoms with van der Waals surface area (Å²) >= 11 is 0. The number of rotatable bonds is 6. The van der Waals surface area contributed by atoms with Gasteiger partial charge in [0.25, 0.3) is 0 Å². The number of carboxylic acid groups (broad SMARTS) is 1. The molecule has 1 fully saturated rings. The van der Waals surface area contributed by atoms with Crippen molar-refractivity contribution in [2.45, 2.75) is 26.2 Å². The Morgan fingerprint density at radius 1 is 1.16 bits per heavy atom. The van der Waals surface area contributed by atoms with Crippen molar-refractivity contribution in [2.24, 2.45) is 5.92 Å². The summed E-state index contributed by atoms with van der Waals surface area (Å²) < 4.78 is 35.6. The highest BCUT2D eigenvalue weighted by Gasteiger charge is 2.26. The molecule has 0 atom stereocenters. The molecule has 0 radical (unpaired) electrons. The predicted molar refractivity (Wildman–Crippen MR) is 116 cm³/mol. The van der Waals surface area contributed by atoms with E-state index >= 15 is 0 Å². The molecule has 32 heavy (non-hydrogen) atoms. The van der Waals surface area contributed by atoms with Gasteiger partial charge in [0.05, 0.1) is 0 Å². The Labute approximate surface area is 184 Å². The molecule has 0 saturated carbocycles. The third-order valence-corrected chi connectivity index (χ3v) is 5.51. The van der Waals surface area contributed by atoms with Crippen molar-refractivity contribution in [3.8, 4) is 23.0 Å². The number of aryl methyl sites for hydroxylation is 1. The van der Waals surface area contributed by atoms with Crippen molar-refractivity contribution >= 4 is 11.7 Å². The lowest BCUT2D eigenvalue weighted by atomic mass is 9.93. The largest absolute Gasteiger partial charge is 0.481 e. The fourth-order valence-electron chi connectivity index (χ4n) is 3.94. The molecule has 2 aromatic carbocycles. The van der Waals surface area contributed by atoms with Gasteiger partial charge >= 0.3 is 5.97 Å². The van der Waals surface area contributed by atoms with E-state index in [2.05, 4.69) is 9.97 Å². The van der Waals surface area contributed by atoms with Crippen LogP contribution in [0.1, 0.15) is 24.8 Å². The van der Waals surface area contributed by atoms with Gasteiger partial charge in [-0.05, 0) is 55.5 Å². The van der Waals surface area contributed by atoms with Gasteiger partial charge in [-0.3, -0.25) is 4.79 Å². The number of ether oxygens (including phenoxy) is 1. The lowest BCUT2D eigenvalue weighted by molar-refractivity contribution is -0.138. The maximum Gasteiger partial charge on any atom is 0.303 e. The maximum absolute atomic E-state index is 14.9. The first-order valence-electron chi connectivity index (χ1n) is 10.4. The summed E-state index contributed by atoms with van der Waals surface area (Å²) in [5.74, 6) is -1.20. The van der Waals surface area contributed by atoms with Crippen LogP contribution in [0, 0.1) is 24.5 Å². The van der Waals surface area contributed by atoms with Crippen LogP contribution in [0.4, 0.5) is 14.5 Å². The van der Waals surface area contributed by atoms with Crippen molar-refractivity contribution in [1.82, 2.24) is 9.97 Å². The number of benzene rings is 2. The number of anilines is 1. The molecule has 1 aromatic heterocycles. The van der Waals surface area contributed by atoms with Crippen LogP contribution >= 0.6 is 0 Å². The number of aliphatic carboxylic acids is 1. The Kier molecular flexibility index (Phi) is 6.30. The van der Waals surface area contributed by atoms with Gasteiger partial charge in [-0.25, -0.2) is 13.8 Å². The molecule has 4 rings (SSSR count). The fourth-order valence-corrected chi connectivity index (χ4v) is 3.94. The van der Waals surface area contributed by atoms with Gasteiger partial charge in [-0.15, -0.1) is 0 Å². The minimum Gasteiger partial charge on any atom is -0.481 e. The van der Waals surface area contributed by atoms with E-state index in [1.165, 1.54) is 18.3 Å². The molecule has 0 spiro atoms. The van der Waals surface area contributed by atoms with E-state index in [-0.39, 0.29) is 35.3 Å². The van der Waals surface area contributed by atoms with Gasteiger partial charge in [-0.2, -0.15) is 4.98 Å². The van der Waals surface area contributed by atoms with Crippen LogP contribution in [-0.2, 0) is 4.79 Å². The zero-order valence-corrected chi connectivity index (χ0v) is 17.6. The van der Waals surface area contributed by atoms with Gasteiger partial charge in [0.2, 0.25) is 5.88 Å². The molecule has 8 heteroatoms. The van der Waals surface area contributed by atoms with Gasteiger partial charge in [-0.1, -0.05) is 12.1 Å². The summed E-state index contributed by atoms with van der Waals surface area (Å²) in [6, 6.07) is 11.5. The van der Waals surface area contributed by atoms with E-state index < -0.39 is 17.6 Å². The topological polar surface area (TPSA) is 75.5 Å². The molecule has 0 bridgehead atoms. The number of nitrogens with zero attached hydrogens (tertiary/aromatic N) is 3. The zero-order valence-electron chi connectivity index (χ0n) is 17.6. The number of piperidine rings is 1. The number of hydrogen-bond acceptors (Lipinski definition) is 5. The molecular formula is C24H23F2N3O3. The lowest BCUT2D eigenvalue weighted by Gasteiger charge is -2.33. The predicted octanol–water partition coefficient (Wildman–Crippen LogP) is 5.21. The first-order valence-corrected chi connectivity index (χ1v) is 10.4. The summed E-state index contributed by atoms with van der Waals surface area (Å²) in [6.07, 6.45) is 2.71. The fraction of sp³-hybridized carbons (Fsp3) is 0.292. The summed E-state index contributed by atoms with van der Waals surface area (Å²) in [5, 5.41) is 8.94. The number of hydrogen-bond donors (Lipinski definition) is 1. The highest BCUT2D eigenvalue weighted by Crippen LogP contribution is 2.32. The first-order chi connectivity index (χ1) is 15.4. The number of aromatic nitrogens is 2. The molecule has 0 amide bonds. The molecule has 1 saturated heterocycles. The normalized spacial score (nSPS) is 14.4. The quantitative estimate of drug-likeness (QED) is 0.568. The van der Waals surface area contributed by atoms with Crippen molar-refractivity contribution < 1.29 is 23.4 Å². The van der Waals surface area contributed by atoms with Crippen molar-refractivity contribution in [3.63, 3.8) is 0 Å². The van der Waals surface area contributed by atoms with Gasteiger partial charge in [0, 0.05) is 37.3 Å². The monoisotopic (exact) mass is 439 g/mol. The smallest absolute Gasteiger partial charge is 0.303 e. The first kappa shape index (κ1) is 21.7. The van der Waals surface area contributed by atoms with Crippen LogP contribution in [-0.4, -0.2) is 34.1 Å². The van der Waals surface area contributed by atoms with Gasteiger partial charge < -0.3 is 14.7 Å². The van der Waals surface area contributed by atoms with E-state index in [4.69, 9.17) is 9.84 Å². The Morgan fingerprint density at radius 3 is 2.53 bits per heavy atom. The zero-order chi connectivity index (χ0) is 22.7. The van der Waals surface area contributed by atoms with Crippen LogP contribution in [0.5, 0.6) is 11.6 Å². The second-order valence-electron chi connectivity index (χ2n) is 7.95. The summed E-state index contributed by atoms with van der Waals surface area (Å²) in [6.45, 7) is 2.75. The van der Waals surface area contributed by atoms with Crippen molar-refractivity contribution in [2.75, 3.05) is 18.0 Å². The molecule has 166 valence electrons. The maximum atomic E-state index is 14.9. The Morgan fingerprint density at radius 2 is 1.88 bits per heavy atom. The van der Waals surface area contributed by atoms with Gasteiger partial charge in [0.15, 0.2) is 5.82 Å². The van der Waals surface area contributed by atoms with Crippen LogP contribution in [0.15, 0.2) is 48.7 Å². The molecule has 1 N–H and O–H groups in total. The molecular weight excluding hydrogens is 416 g/mol. The van der Waals surface area contributed by atoms with E-state index in [1.54, 1.807) is 17.0 Å². The summed E-state index contributed by atoms with van der Waals surface area (Å²) in [4.78, 5) is 20.9. The van der Waals surface area contributed by atoms with E-state index in [1.807, 2.05) is 25.1 Å². The Hall–Kier alpha value is -3.55. The van der Waals surface area contributed by atoms with E-state index in [0.29, 0.717) is 31.7 Å². The van der Waals surface area contributed by atoms with Crippen LogP contribution in [0.2, 0.25) is 0 Å². The highest BCUT2D eigenvalue weighted by molar-refractivity contribution is 5.67. The van der Waals surface area contributed by atoms with Crippen LogP contribution in [0.25, 0.3) is 11.4 Å². The second kappa shape index (κ2) is 9.30. The minimum absolute atomic E-state index is 0.0266.